The number of nitrogens with zero attached hydrogens (tertiary/aromatic N) is 2. The molecule has 182 valence electrons. The minimum atomic E-state index is -0.845. The summed E-state index contributed by atoms with van der Waals surface area (Å²) in [5.74, 6) is 0.0801. The lowest BCUT2D eigenvalue weighted by molar-refractivity contribution is -0.163. The van der Waals surface area contributed by atoms with Crippen LogP contribution in [0.3, 0.4) is 0 Å². The molecule has 2 amide bonds. The number of nitrogens with one attached hydrogen (secondary N) is 1. The molecule has 2 heterocycles. The summed E-state index contributed by atoms with van der Waals surface area (Å²) in [5, 5.41) is 7.85. The minimum absolute atomic E-state index is 0.108. The van der Waals surface area contributed by atoms with Gasteiger partial charge in [0.25, 0.3) is 5.91 Å². The molecule has 2 fully saturated rings. The van der Waals surface area contributed by atoms with Crippen molar-refractivity contribution in [1.82, 2.24) is 9.80 Å². The van der Waals surface area contributed by atoms with E-state index in [1.165, 1.54) is 0 Å². The topological polar surface area (TPSA) is 109 Å². The number of cyclic esters (lactones) is 1. The van der Waals surface area contributed by atoms with Crippen LogP contribution in [0.2, 0.25) is 0 Å². The zero-order valence-electron chi connectivity index (χ0n) is 19.7. The van der Waals surface area contributed by atoms with Crippen LogP contribution in [0.1, 0.15) is 33.6 Å². The molecule has 0 spiro atoms. The van der Waals surface area contributed by atoms with Gasteiger partial charge in [0, 0.05) is 18.8 Å². The third kappa shape index (κ3) is 6.83. The average molecular weight is 480 g/mol. The van der Waals surface area contributed by atoms with Gasteiger partial charge in [0.05, 0.1) is 24.4 Å². The maximum atomic E-state index is 13.0. The number of piperidine rings is 1. The summed E-state index contributed by atoms with van der Waals surface area (Å²) in [6.45, 7) is 6.45. The molecule has 1 N–H and O–H groups in total. The Hall–Kier alpha value is -2.33. The fourth-order valence-electron chi connectivity index (χ4n) is 4.09. The Morgan fingerprint density at radius 2 is 1.97 bits per heavy atom. The van der Waals surface area contributed by atoms with Crippen LogP contribution in [0.25, 0.3) is 0 Å². The highest BCUT2D eigenvalue weighted by atomic mass is 32.2. The molecule has 0 aromatic heterocycles. The molecule has 0 radical (unpaired) electrons. The SMILES string of the molecule is CSCC1=CC(=N)C=CC1N1CC(C(=O)N2CCC(OCC(=O)OC(C)(C)C)CC2)OC1=O. The lowest BCUT2D eigenvalue weighted by Gasteiger charge is -2.33. The van der Waals surface area contributed by atoms with Crippen molar-refractivity contribution in [2.45, 2.75) is 57.5 Å². The van der Waals surface area contributed by atoms with Crippen molar-refractivity contribution in [2.24, 2.45) is 0 Å². The van der Waals surface area contributed by atoms with E-state index in [9.17, 15) is 14.4 Å². The van der Waals surface area contributed by atoms with Crippen molar-refractivity contribution < 1.29 is 28.6 Å². The van der Waals surface area contributed by atoms with Crippen molar-refractivity contribution in [3.05, 3.63) is 23.8 Å². The van der Waals surface area contributed by atoms with Crippen LogP contribution in [0.5, 0.6) is 0 Å². The van der Waals surface area contributed by atoms with E-state index in [0.717, 1.165) is 5.57 Å². The van der Waals surface area contributed by atoms with Gasteiger partial charge in [0.1, 0.15) is 12.2 Å². The van der Waals surface area contributed by atoms with Gasteiger partial charge >= 0.3 is 12.1 Å². The van der Waals surface area contributed by atoms with Crippen LogP contribution in [0.15, 0.2) is 23.8 Å². The van der Waals surface area contributed by atoms with Gasteiger partial charge in [-0.3, -0.25) is 9.69 Å². The second-order valence-corrected chi connectivity index (χ2v) is 10.2. The molecule has 33 heavy (non-hydrogen) atoms. The van der Waals surface area contributed by atoms with Crippen molar-refractivity contribution in [3.63, 3.8) is 0 Å². The molecule has 3 rings (SSSR count). The molecular formula is C23H33N3O6S. The van der Waals surface area contributed by atoms with Gasteiger partial charge in [-0.05, 0) is 57.6 Å². The van der Waals surface area contributed by atoms with Gasteiger partial charge in [0.15, 0.2) is 6.10 Å². The van der Waals surface area contributed by atoms with E-state index in [0.29, 0.717) is 37.4 Å². The number of allylic oxidation sites excluding steroid dienone is 2. The lowest BCUT2D eigenvalue weighted by Crippen LogP contribution is -2.47. The number of hydrogen-bond donors (Lipinski definition) is 1. The van der Waals surface area contributed by atoms with E-state index < -0.39 is 23.8 Å². The fraction of sp³-hybridized carbons (Fsp3) is 0.652. The maximum absolute atomic E-state index is 13.0. The Kier molecular flexibility index (Phi) is 8.23. The van der Waals surface area contributed by atoms with E-state index in [4.69, 9.17) is 19.6 Å². The Bertz CT molecular complexity index is 842. The summed E-state index contributed by atoms with van der Waals surface area (Å²) in [5.41, 5.74) is 0.791. The van der Waals surface area contributed by atoms with E-state index in [1.807, 2.05) is 33.1 Å². The molecule has 0 aromatic rings. The Morgan fingerprint density at radius 1 is 1.27 bits per heavy atom. The number of thioether (sulfide) groups is 1. The first kappa shape index (κ1) is 25.3. The minimum Gasteiger partial charge on any atom is -0.458 e. The van der Waals surface area contributed by atoms with Gasteiger partial charge in [-0.25, -0.2) is 9.59 Å². The van der Waals surface area contributed by atoms with Crippen LogP contribution < -0.4 is 0 Å². The molecule has 0 aromatic carbocycles. The number of carbonyl (C=O) groups is 3. The molecule has 9 nitrogen and oxygen atoms in total. The first-order valence-corrected chi connectivity index (χ1v) is 12.5. The fourth-order valence-corrected chi connectivity index (χ4v) is 4.68. The van der Waals surface area contributed by atoms with E-state index in [1.54, 1.807) is 33.7 Å². The number of ether oxygens (including phenoxy) is 3. The van der Waals surface area contributed by atoms with Gasteiger partial charge in [-0.1, -0.05) is 6.08 Å². The highest BCUT2D eigenvalue weighted by Gasteiger charge is 2.42. The first-order chi connectivity index (χ1) is 15.6. The predicted molar refractivity (Wildman–Crippen MR) is 125 cm³/mol. The van der Waals surface area contributed by atoms with E-state index >= 15 is 0 Å². The van der Waals surface area contributed by atoms with Crippen LogP contribution in [0, 0.1) is 5.41 Å². The largest absolute Gasteiger partial charge is 0.458 e. The number of rotatable bonds is 7. The van der Waals surface area contributed by atoms with Gasteiger partial charge in [-0.2, -0.15) is 11.8 Å². The number of hydrogen-bond acceptors (Lipinski definition) is 8. The maximum Gasteiger partial charge on any atom is 0.411 e. The summed E-state index contributed by atoms with van der Waals surface area (Å²) in [6, 6.07) is -0.302. The molecule has 3 aliphatic rings. The molecule has 2 saturated heterocycles. The number of likely N-dealkylation sites (tertiary alicyclic amines) is 1. The predicted octanol–water partition coefficient (Wildman–Crippen LogP) is 2.40. The molecular weight excluding hydrogens is 446 g/mol. The van der Waals surface area contributed by atoms with E-state index in [-0.39, 0.29) is 31.2 Å². The zero-order chi connectivity index (χ0) is 24.2. The summed E-state index contributed by atoms with van der Waals surface area (Å²) >= 11 is 1.62. The highest BCUT2D eigenvalue weighted by Crippen LogP contribution is 2.26. The summed E-state index contributed by atoms with van der Waals surface area (Å²) in [4.78, 5) is 40.6. The second-order valence-electron chi connectivity index (χ2n) is 9.36. The molecule has 0 saturated carbocycles. The second kappa shape index (κ2) is 10.7. The standard InChI is InChI=1S/C23H33N3O6S/c1-23(2,3)32-20(27)13-30-17-7-9-25(10-8-17)21(28)19-12-26(22(29)31-19)18-6-5-16(24)11-15(18)14-33-4/h5-6,11,17-19,24H,7-10,12-14H2,1-4H3. The Morgan fingerprint density at radius 3 is 2.61 bits per heavy atom. The molecule has 2 atom stereocenters. The number of carbonyl (C=O) groups excluding carboxylic acids is 3. The van der Waals surface area contributed by atoms with Crippen molar-refractivity contribution >= 4 is 35.4 Å². The molecule has 2 aliphatic heterocycles. The van der Waals surface area contributed by atoms with Crippen LogP contribution >= 0.6 is 11.8 Å². The molecule has 0 bridgehead atoms. The van der Waals surface area contributed by atoms with Crippen LogP contribution in [-0.4, -0.2) is 95.6 Å². The van der Waals surface area contributed by atoms with Crippen molar-refractivity contribution in [3.8, 4) is 0 Å². The van der Waals surface area contributed by atoms with Crippen LogP contribution in [0.4, 0.5) is 4.79 Å². The quantitative estimate of drug-likeness (QED) is 0.559. The zero-order valence-corrected chi connectivity index (χ0v) is 20.5. The molecule has 2 unspecified atom stereocenters. The third-order valence-electron chi connectivity index (χ3n) is 5.55. The van der Waals surface area contributed by atoms with Crippen molar-refractivity contribution in [2.75, 3.05) is 38.2 Å². The van der Waals surface area contributed by atoms with E-state index in [2.05, 4.69) is 0 Å². The van der Waals surface area contributed by atoms with Gasteiger partial charge in [0.2, 0.25) is 0 Å². The third-order valence-corrected chi connectivity index (χ3v) is 6.17. The monoisotopic (exact) mass is 479 g/mol. The normalized spacial score (nSPS) is 24.1. The number of amides is 2. The van der Waals surface area contributed by atoms with Crippen LogP contribution in [-0.2, 0) is 23.8 Å². The summed E-state index contributed by atoms with van der Waals surface area (Å²) in [7, 11) is 0. The Labute approximate surface area is 199 Å². The average Bonchev–Trinajstić information content (AvgIpc) is 3.13. The Balaban J connectivity index is 1.49. The summed E-state index contributed by atoms with van der Waals surface area (Å²) in [6.07, 6.45) is 6.95. The first-order valence-electron chi connectivity index (χ1n) is 11.1. The van der Waals surface area contributed by atoms with Gasteiger partial charge in [-0.15, -0.1) is 0 Å². The lowest BCUT2D eigenvalue weighted by atomic mass is 9.99. The number of esters is 1. The summed E-state index contributed by atoms with van der Waals surface area (Å²) < 4.78 is 16.3. The van der Waals surface area contributed by atoms with Crippen molar-refractivity contribution in [1.29, 1.82) is 5.41 Å². The smallest absolute Gasteiger partial charge is 0.411 e. The van der Waals surface area contributed by atoms with Gasteiger partial charge < -0.3 is 24.5 Å². The highest BCUT2D eigenvalue weighted by molar-refractivity contribution is 7.98. The molecule has 10 heteroatoms. The molecule has 1 aliphatic carbocycles.